The molecule has 1 aromatic heterocycles. The van der Waals surface area contributed by atoms with Crippen LogP contribution in [-0.2, 0) is 12.8 Å². The number of aromatic nitrogens is 2. The number of carbonyl (C=O) groups is 1. The van der Waals surface area contributed by atoms with E-state index in [1.165, 1.54) is 11.1 Å². The van der Waals surface area contributed by atoms with Crippen molar-refractivity contribution in [3.8, 4) is 0 Å². The van der Waals surface area contributed by atoms with Gasteiger partial charge in [0.25, 0.3) is 5.91 Å². The second-order valence-corrected chi connectivity index (χ2v) is 6.88. The summed E-state index contributed by atoms with van der Waals surface area (Å²) < 4.78 is 0. The molecule has 1 N–H and O–H groups in total. The molecule has 0 saturated heterocycles. The lowest BCUT2D eigenvalue weighted by Gasteiger charge is -2.16. The smallest absolute Gasteiger partial charge is 0.278 e. The Balaban J connectivity index is 1.36. The Bertz CT molecular complexity index is 941. The zero-order valence-electron chi connectivity index (χ0n) is 14.7. The summed E-state index contributed by atoms with van der Waals surface area (Å²) in [6.45, 7) is 1.41. The predicted octanol–water partition coefficient (Wildman–Crippen LogP) is 3.99. The molecule has 1 aliphatic heterocycles. The van der Waals surface area contributed by atoms with Crippen LogP contribution in [0.25, 0.3) is 0 Å². The molecule has 0 saturated carbocycles. The Morgan fingerprint density at radius 3 is 2.63 bits per heavy atom. The van der Waals surface area contributed by atoms with Gasteiger partial charge in [0.2, 0.25) is 0 Å². The summed E-state index contributed by atoms with van der Waals surface area (Å²) in [6.07, 6.45) is 1.73. The number of anilines is 2. The number of nitrogens with zero attached hydrogens (tertiary/aromatic N) is 3. The molecule has 0 bridgehead atoms. The molecular formula is C21H19ClN4O. The van der Waals surface area contributed by atoms with Gasteiger partial charge in [-0.3, -0.25) is 4.79 Å². The highest BCUT2D eigenvalue weighted by molar-refractivity contribution is 6.30. The first-order chi connectivity index (χ1) is 13.2. The predicted molar refractivity (Wildman–Crippen MR) is 108 cm³/mol. The van der Waals surface area contributed by atoms with Crippen LogP contribution in [-0.4, -0.2) is 29.2 Å². The fourth-order valence-electron chi connectivity index (χ4n) is 3.21. The number of halogens is 1. The van der Waals surface area contributed by atoms with Gasteiger partial charge in [-0.1, -0.05) is 41.9 Å². The fourth-order valence-corrected chi connectivity index (χ4v) is 3.34. The molecule has 1 aliphatic rings. The van der Waals surface area contributed by atoms with E-state index in [4.69, 9.17) is 11.6 Å². The van der Waals surface area contributed by atoms with E-state index in [1.54, 1.807) is 17.0 Å². The van der Waals surface area contributed by atoms with Gasteiger partial charge in [-0.15, -0.1) is 10.2 Å². The summed E-state index contributed by atoms with van der Waals surface area (Å²) in [5.41, 5.74) is 3.71. The number of amides is 1. The number of para-hydroxylation sites is 1. The lowest BCUT2D eigenvalue weighted by atomic mass is 10.1. The van der Waals surface area contributed by atoms with Crippen molar-refractivity contribution < 1.29 is 4.79 Å². The summed E-state index contributed by atoms with van der Waals surface area (Å²) in [5.74, 6) is 0.544. The number of hydrogen-bond donors (Lipinski definition) is 1. The largest absolute Gasteiger partial charge is 0.368 e. The van der Waals surface area contributed by atoms with Crippen LogP contribution in [0.1, 0.15) is 21.6 Å². The highest BCUT2D eigenvalue weighted by atomic mass is 35.5. The molecule has 0 spiro atoms. The molecule has 4 rings (SSSR count). The molecule has 0 unspecified atom stereocenters. The summed E-state index contributed by atoms with van der Waals surface area (Å²) in [4.78, 5) is 14.5. The first kappa shape index (κ1) is 17.5. The lowest BCUT2D eigenvalue weighted by molar-refractivity contribution is 0.0983. The molecule has 136 valence electrons. The van der Waals surface area contributed by atoms with Crippen molar-refractivity contribution in [2.45, 2.75) is 12.8 Å². The number of carbonyl (C=O) groups excluding carboxylic acids is 1. The topological polar surface area (TPSA) is 58.1 Å². The number of hydrogen-bond acceptors (Lipinski definition) is 4. The highest BCUT2D eigenvalue weighted by Gasteiger charge is 2.26. The van der Waals surface area contributed by atoms with Gasteiger partial charge in [-0.05, 0) is 54.3 Å². The lowest BCUT2D eigenvalue weighted by Crippen LogP contribution is -2.29. The van der Waals surface area contributed by atoms with Gasteiger partial charge in [0.15, 0.2) is 5.69 Å². The van der Waals surface area contributed by atoms with E-state index in [0.29, 0.717) is 18.1 Å². The molecule has 6 heteroatoms. The quantitative estimate of drug-likeness (QED) is 0.729. The Morgan fingerprint density at radius 2 is 1.85 bits per heavy atom. The van der Waals surface area contributed by atoms with E-state index >= 15 is 0 Å². The maximum absolute atomic E-state index is 12.7. The summed E-state index contributed by atoms with van der Waals surface area (Å²) in [7, 11) is 0. The van der Waals surface area contributed by atoms with Crippen molar-refractivity contribution in [1.82, 2.24) is 10.2 Å². The first-order valence-corrected chi connectivity index (χ1v) is 9.30. The molecule has 0 atom stereocenters. The summed E-state index contributed by atoms with van der Waals surface area (Å²) in [6, 6.07) is 19.3. The SMILES string of the molecule is O=C(c1ccc(NCCc2ccc(Cl)cc2)nn1)N1CCc2ccccc21. The fraction of sp³-hybridized carbons (Fsp3) is 0.190. The number of fused-ring (bicyclic) bond motifs is 1. The molecule has 2 heterocycles. The molecule has 3 aromatic rings. The van der Waals surface area contributed by atoms with Gasteiger partial charge in [0, 0.05) is 23.8 Å². The van der Waals surface area contributed by atoms with Crippen LogP contribution >= 0.6 is 11.6 Å². The Kier molecular flexibility index (Phi) is 5.03. The van der Waals surface area contributed by atoms with Gasteiger partial charge in [0.1, 0.15) is 5.82 Å². The monoisotopic (exact) mass is 378 g/mol. The van der Waals surface area contributed by atoms with Crippen molar-refractivity contribution in [3.05, 3.63) is 82.5 Å². The second-order valence-electron chi connectivity index (χ2n) is 6.44. The highest BCUT2D eigenvalue weighted by Crippen LogP contribution is 2.28. The van der Waals surface area contributed by atoms with Crippen molar-refractivity contribution in [2.75, 3.05) is 23.3 Å². The minimum Gasteiger partial charge on any atom is -0.368 e. The second kappa shape index (κ2) is 7.76. The van der Waals surface area contributed by atoms with Crippen molar-refractivity contribution in [2.24, 2.45) is 0 Å². The molecule has 27 heavy (non-hydrogen) atoms. The number of benzene rings is 2. The van der Waals surface area contributed by atoms with Crippen LogP contribution in [0.4, 0.5) is 11.5 Å². The minimum atomic E-state index is -0.111. The Hall–Kier alpha value is -2.92. The van der Waals surface area contributed by atoms with E-state index in [2.05, 4.69) is 21.6 Å². The van der Waals surface area contributed by atoms with Gasteiger partial charge in [0.05, 0.1) is 0 Å². The molecule has 2 aromatic carbocycles. The molecule has 0 radical (unpaired) electrons. The molecule has 0 aliphatic carbocycles. The van der Waals surface area contributed by atoms with Crippen LogP contribution in [0.15, 0.2) is 60.7 Å². The van der Waals surface area contributed by atoms with Gasteiger partial charge < -0.3 is 10.2 Å². The van der Waals surface area contributed by atoms with E-state index in [0.717, 1.165) is 30.1 Å². The maximum atomic E-state index is 12.7. The van der Waals surface area contributed by atoms with E-state index < -0.39 is 0 Å². The normalized spacial score (nSPS) is 12.7. The van der Waals surface area contributed by atoms with Crippen molar-refractivity contribution >= 4 is 29.0 Å². The number of nitrogens with one attached hydrogen (secondary N) is 1. The minimum absolute atomic E-state index is 0.111. The number of rotatable bonds is 5. The zero-order chi connectivity index (χ0) is 18.6. The third-order valence-electron chi connectivity index (χ3n) is 4.65. The van der Waals surface area contributed by atoms with Crippen LogP contribution in [0, 0.1) is 0 Å². The van der Waals surface area contributed by atoms with Crippen LogP contribution < -0.4 is 10.2 Å². The molecular weight excluding hydrogens is 360 g/mol. The van der Waals surface area contributed by atoms with E-state index in [1.807, 2.05) is 42.5 Å². The van der Waals surface area contributed by atoms with Crippen LogP contribution in [0.5, 0.6) is 0 Å². The summed E-state index contributed by atoms with van der Waals surface area (Å²) >= 11 is 5.89. The Morgan fingerprint density at radius 1 is 1.04 bits per heavy atom. The van der Waals surface area contributed by atoms with E-state index in [-0.39, 0.29) is 5.91 Å². The van der Waals surface area contributed by atoms with Crippen LogP contribution in [0.2, 0.25) is 5.02 Å². The van der Waals surface area contributed by atoms with Crippen LogP contribution in [0.3, 0.4) is 0 Å². The van der Waals surface area contributed by atoms with Gasteiger partial charge in [-0.2, -0.15) is 0 Å². The van der Waals surface area contributed by atoms with Gasteiger partial charge >= 0.3 is 0 Å². The van der Waals surface area contributed by atoms with Crippen molar-refractivity contribution in [1.29, 1.82) is 0 Å². The first-order valence-electron chi connectivity index (χ1n) is 8.92. The zero-order valence-corrected chi connectivity index (χ0v) is 15.5. The standard InChI is InChI=1S/C21H19ClN4O/c22-17-7-5-15(6-8-17)11-13-23-20-10-9-18(24-25-20)21(27)26-14-12-16-3-1-2-4-19(16)26/h1-10H,11-14H2,(H,23,25). The Labute approximate surface area is 163 Å². The average Bonchev–Trinajstić information content (AvgIpc) is 3.14. The summed E-state index contributed by atoms with van der Waals surface area (Å²) in [5, 5.41) is 12.2. The molecule has 1 amide bonds. The third-order valence-corrected chi connectivity index (χ3v) is 4.90. The maximum Gasteiger partial charge on any atom is 0.278 e. The molecule has 5 nitrogen and oxygen atoms in total. The van der Waals surface area contributed by atoms with Gasteiger partial charge in [-0.25, -0.2) is 0 Å². The van der Waals surface area contributed by atoms with E-state index in [9.17, 15) is 4.79 Å². The molecule has 0 fully saturated rings. The average molecular weight is 379 g/mol. The third kappa shape index (κ3) is 3.93. The van der Waals surface area contributed by atoms with Crippen molar-refractivity contribution in [3.63, 3.8) is 0 Å².